The van der Waals surface area contributed by atoms with Gasteiger partial charge in [-0.1, -0.05) is 24.3 Å². The fourth-order valence-electron chi connectivity index (χ4n) is 2.17. The molecule has 2 N–H and O–H groups in total. The molecule has 21 heavy (non-hydrogen) atoms. The smallest absolute Gasteiger partial charge is 0.254 e. The predicted octanol–water partition coefficient (Wildman–Crippen LogP) is 3.19. The molecular weight excluding hydrogens is 269 g/mol. The van der Waals surface area contributed by atoms with Gasteiger partial charge in [0.1, 0.15) is 11.6 Å². The van der Waals surface area contributed by atoms with Crippen LogP contribution in [0.3, 0.4) is 0 Å². The van der Waals surface area contributed by atoms with Gasteiger partial charge in [-0.05, 0) is 31.2 Å². The normalized spacial score (nSPS) is 12.3. The number of hydrogen-bond donors (Lipinski definition) is 2. The zero-order chi connectivity index (χ0) is 14.8. The lowest BCUT2D eigenvalue weighted by Crippen LogP contribution is -2.28. The molecule has 1 aromatic heterocycles. The molecule has 0 spiro atoms. The van der Waals surface area contributed by atoms with Crippen LogP contribution in [0.25, 0.3) is 11.0 Å². The maximum atomic E-state index is 13.6. The Morgan fingerprint density at radius 1 is 1.19 bits per heavy atom. The molecule has 5 heteroatoms. The molecule has 106 valence electrons. The number of imidazole rings is 1. The van der Waals surface area contributed by atoms with Crippen LogP contribution in [0.5, 0.6) is 0 Å². The van der Waals surface area contributed by atoms with E-state index in [4.69, 9.17) is 0 Å². The van der Waals surface area contributed by atoms with Crippen molar-refractivity contribution in [2.24, 2.45) is 0 Å². The van der Waals surface area contributed by atoms with Gasteiger partial charge in [0.2, 0.25) is 0 Å². The molecule has 1 unspecified atom stereocenters. The molecule has 1 heterocycles. The van der Waals surface area contributed by atoms with Crippen molar-refractivity contribution in [3.63, 3.8) is 0 Å². The molecule has 0 saturated heterocycles. The first-order valence-electron chi connectivity index (χ1n) is 6.65. The zero-order valence-electron chi connectivity index (χ0n) is 11.4. The van der Waals surface area contributed by atoms with E-state index in [1.807, 2.05) is 24.3 Å². The number of carbonyl (C=O) groups is 1. The lowest BCUT2D eigenvalue weighted by molar-refractivity contribution is 0.0934. The lowest BCUT2D eigenvalue weighted by atomic mass is 10.2. The van der Waals surface area contributed by atoms with Gasteiger partial charge in [-0.25, -0.2) is 9.37 Å². The van der Waals surface area contributed by atoms with Crippen molar-refractivity contribution in [1.29, 1.82) is 0 Å². The minimum atomic E-state index is -0.535. The summed E-state index contributed by atoms with van der Waals surface area (Å²) in [4.78, 5) is 19.6. The number of H-pyrrole nitrogens is 1. The molecule has 3 rings (SSSR count). The van der Waals surface area contributed by atoms with Crippen LogP contribution < -0.4 is 5.32 Å². The summed E-state index contributed by atoms with van der Waals surface area (Å²) in [5.41, 5.74) is 1.76. The molecule has 0 aliphatic rings. The van der Waals surface area contributed by atoms with Crippen LogP contribution in [0.1, 0.15) is 29.1 Å². The third kappa shape index (κ3) is 2.63. The molecule has 3 aromatic rings. The number of fused-ring (bicyclic) bond motifs is 1. The number of nitrogens with zero attached hydrogens (tertiary/aromatic N) is 1. The van der Waals surface area contributed by atoms with Gasteiger partial charge < -0.3 is 10.3 Å². The van der Waals surface area contributed by atoms with Gasteiger partial charge in [0.05, 0.1) is 22.6 Å². The molecule has 0 aliphatic carbocycles. The summed E-state index contributed by atoms with van der Waals surface area (Å²) in [5, 5.41) is 2.74. The quantitative estimate of drug-likeness (QED) is 0.775. The molecule has 0 aliphatic heterocycles. The highest BCUT2D eigenvalue weighted by Gasteiger charge is 2.16. The van der Waals surface area contributed by atoms with Crippen LogP contribution in [-0.2, 0) is 0 Å². The number of aromatic nitrogens is 2. The number of hydrogen-bond acceptors (Lipinski definition) is 2. The number of amides is 1. The van der Waals surface area contributed by atoms with E-state index in [0.717, 1.165) is 11.0 Å². The fourth-order valence-corrected chi connectivity index (χ4v) is 2.17. The van der Waals surface area contributed by atoms with Gasteiger partial charge in [0.15, 0.2) is 0 Å². The van der Waals surface area contributed by atoms with E-state index in [1.165, 1.54) is 12.1 Å². The summed E-state index contributed by atoms with van der Waals surface area (Å²) in [6.07, 6.45) is 0. The van der Waals surface area contributed by atoms with E-state index in [1.54, 1.807) is 19.1 Å². The van der Waals surface area contributed by atoms with E-state index in [2.05, 4.69) is 15.3 Å². The number of halogens is 1. The second-order valence-corrected chi connectivity index (χ2v) is 4.81. The second-order valence-electron chi connectivity index (χ2n) is 4.81. The molecule has 1 amide bonds. The van der Waals surface area contributed by atoms with Crippen molar-refractivity contribution in [1.82, 2.24) is 15.3 Å². The van der Waals surface area contributed by atoms with E-state index < -0.39 is 11.7 Å². The van der Waals surface area contributed by atoms with Crippen molar-refractivity contribution in [3.8, 4) is 0 Å². The fraction of sp³-hybridized carbons (Fsp3) is 0.125. The van der Waals surface area contributed by atoms with Crippen LogP contribution in [-0.4, -0.2) is 15.9 Å². The Labute approximate surface area is 121 Å². The van der Waals surface area contributed by atoms with E-state index in [-0.39, 0.29) is 11.6 Å². The average molecular weight is 283 g/mol. The highest BCUT2D eigenvalue weighted by Crippen LogP contribution is 2.16. The van der Waals surface area contributed by atoms with Crippen molar-refractivity contribution in [2.75, 3.05) is 0 Å². The summed E-state index contributed by atoms with van der Waals surface area (Å²) < 4.78 is 13.6. The van der Waals surface area contributed by atoms with E-state index in [9.17, 15) is 9.18 Å². The van der Waals surface area contributed by atoms with Crippen LogP contribution in [0.4, 0.5) is 4.39 Å². The van der Waals surface area contributed by atoms with Crippen molar-refractivity contribution in [3.05, 3.63) is 65.7 Å². The van der Waals surface area contributed by atoms with Crippen molar-refractivity contribution in [2.45, 2.75) is 13.0 Å². The van der Waals surface area contributed by atoms with Gasteiger partial charge in [-0.15, -0.1) is 0 Å². The average Bonchev–Trinajstić information content (AvgIpc) is 2.91. The summed E-state index contributed by atoms with van der Waals surface area (Å²) in [7, 11) is 0. The van der Waals surface area contributed by atoms with Crippen molar-refractivity contribution < 1.29 is 9.18 Å². The van der Waals surface area contributed by atoms with Crippen molar-refractivity contribution >= 4 is 16.9 Å². The SMILES string of the molecule is CC(NC(=O)c1ccccc1F)c1nc2ccccc2[nH]1. The minimum Gasteiger partial charge on any atom is -0.342 e. The summed E-state index contributed by atoms with van der Waals surface area (Å²) in [5.74, 6) is -0.353. The first kappa shape index (κ1) is 13.3. The minimum absolute atomic E-state index is 0.0282. The van der Waals surface area contributed by atoms with Gasteiger partial charge in [-0.2, -0.15) is 0 Å². The molecule has 0 bridgehead atoms. The molecular formula is C16H14FN3O. The molecule has 0 fully saturated rings. The summed E-state index contributed by atoms with van der Waals surface area (Å²) >= 11 is 0. The standard InChI is InChI=1S/C16H14FN3O/c1-10(15-19-13-8-4-5-9-14(13)20-15)18-16(21)11-6-2-3-7-12(11)17/h2-10H,1H3,(H,18,21)(H,19,20). The van der Waals surface area contributed by atoms with Gasteiger partial charge in [0, 0.05) is 0 Å². The van der Waals surface area contributed by atoms with Crippen LogP contribution in [0, 0.1) is 5.82 Å². The topological polar surface area (TPSA) is 57.8 Å². The van der Waals surface area contributed by atoms with Crippen LogP contribution >= 0.6 is 0 Å². The number of nitrogens with one attached hydrogen (secondary N) is 2. The monoisotopic (exact) mass is 283 g/mol. The Morgan fingerprint density at radius 2 is 1.90 bits per heavy atom. The van der Waals surface area contributed by atoms with Gasteiger partial charge in [-0.3, -0.25) is 4.79 Å². The third-order valence-electron chi connectivity index (χ3n) is 3.28. The zero-order valence-corrected chi connectivity index (χ0v) is 11.4. The maximum Gasteiger partial charge on any atom is 0.254 e. The Balaban J connectivity index is 1.81. The first-order valence-corrected chi connectivity index (χ1v) is 6.65. The lowest BCUT2D eigenvalue weighted by Gasteiger charge is -2.11. The number of para-hydroxylation sites is 2. The van der Waals surface area contributed by atoms with Crippen LogP contribution in [0.2, 0.25) is 0 Å². The Bertz CT molecular complexity index is 764. The number of benzene rings is 2. The molecule has 2 aromatic carbocycles. The molecule has 1 atom stereocenters. The number of rotatable bonds is 3. The van der Waals surface area contributed by atoms with Gasteiger partial charge >= 0.3 is 0 Å². The summed E-state index contributed by atoms with van der Waals surface area (Å²) in [6.45, 7) is 1.80. The van der Waals surface area contributed by atoms with E-state index >= 15 is 0 Å². The van der Waals surface area contributed by atoms with Crippen LogP contribution in [0.15, 0.2) is 48.5 Å². The second kappa shape index (κ2) is 5.36. The Morgan fingerprint density at radius 3 is 2.67 bits per heavy atom. The largest absolute Gasteiger partial charge is 0.342 e. The highest BCUT2D eigenvalue weighted by atomic mass is 19.1. The Kier molecular flexibility index (Phi) is 3.39. The number of carbonyl (C=O) groups excluding carboxylic acids is 1. The predicted molar refractivity (Wildman–Crippen MR) is 78.4 cm³/mol. The number of aromatic amines is 1. The summed E-state index contributed by atoms with van der Waals surface area (Å²) in [6, 6.07) is 13.2. The van der Waals surface area contributed by atoms with Gasteiger partial charge in [0.25, 0.3) is 5.91 Å². The first-order chi connectivity index (χ1) is 10.1. The Hall–Kier alpha value is -2.69. The third-order valence-corrected chi connectivity index (χ3v) is 3.28. The molecule has 0 saturated carbocycles. The molecule has 0 radical (unpaired) electrons. The maximum absolute atomic E-state index is 13.6. The molecule has 4 nitrogen and oxygen atoms in total. The highest BCUT2D eigenvalue weighted by molar-refractivity contribution is 5.94. The van der Waals surface area contributed by atoms with E-state index in [0.29, 0.717) is 5.82 Å².